The number of rotatable bonds is 4. The highest BCUT2D eigenvalue weighted by atomic mass is 19.4. The first-order valence-corrected chi connectivity index (χ1v) is 9.02. The summed E-state index contributed by atoms with van der Waals surface area (Å²) in [5, 5.41) is 13.6. The zero-order valence-corrected chi connectivity index (χ0v) is 15.3. The highest BCUT2D eigenvalue weighted by Gasteiger charge is 2.37. The van der Waals surface area contributed by atoms with Gasteiger partial charge >= 0.3 is 6.18 Å². The number of anilines is 2. The van der Waals surface area contributed by atoms with E-state index in [2.05, 4.69) is 20.6 Å². The van der Waals surface area contributed by atoms with Gasteiger partial charge in [0.2, 0.25) is 5.91 Å². The van der Waals surface area contributed by atoms with Crippen LogP contribution in [-0.4, -0.2) is 63.3 Å². The van der Waals surface area contributed by atoms with Crippen LogP contribution in [0, 0.1) is 0 Å². The van der Waals surface area contributed by atoms with E-state index in [0.717, 1.165) is 10.2 Å². The minimum Gasteiger partial charge on any atom is -0.353 e. The van der Waals surface area contributed by atoms with Gasteiger partial charge in [0, 0.05) is 31.9 Å². The number of fused-ring (bicyclic) bond motifs is 1. The third-order valence-corrected chi connectivity index (χ3v) is 4.62. The molecule has 29 heavy (non-hydrogen) atoms. The zero-order valence-electron chi connectivity index (χ0n) is 15.3. The monoisotopic (exact) mass is 405 g/mol. The first-order valence-electron chi connectivity index (χ1n) is 9.02. The van der Waals surface area contributed by atoms with Gasteiger partial charge in [-0.05, 0) is 24.3 Å². The number of benzene rings is 1. The predicted molar refractivity (Wildman–Crippen MR) is 99.5 cm³/mol. The van der Waals surface area contributed by atoms with Crippen molar-refractivity contribution in [2.45, 2.75) is 6.18 Å². The van der Waals surface area contributed by atoms with E-state index >= 15 is 0 Å². The molecule has 8 nitrogen and oxygen atoms in total. The molecule has 0 atom stereocenters. The second-order valence-corrected chi connectivity index (χ2v) is 6.66. The van der Waals surface area contributed by atoms with E-state index in [-0.39, 0.29) is 18.1 Å². The summed E-state index contributed by atoms with van der Waals surface area (Å²) in [5.41, 5.74) is 0.778. The lowest BCUT2D eigenvalue weighted by molar-refractivity contribution is -0.146. The fourth-order valence-electron chi connectivity index (χ4n) is 3.18. The third-order valence-electron chi connectivity index (χ3n) is 4.62. The van der Waals surface area contributed by atoms with Crippen molar-refractivity contribution in [1.82, 2.24) is 24.7 Å². The molecule has 1 aliphatic rings. The Hall–Kier alpha value is -3.21. The van der Waals surface area contributed by atoms with E-state index in [9.17, 15) is 18.0 Å². The van der Waals surface area contributed by atoms with Gasteiger partial charge in [0.1, 0.15) is 5.82 Å². The predicted octanol–water partition coefficient (Wildman–Crippen LogP) is 1.90. The number of hydrogen-bond acceptors (Lipinski definition) is 6. The van der Waals surface area contributed by atoms with Crippen LogP contribution < -0.4 is 10.2 Å². The highest BCUT2D eigenvalue weighted by molar-refractivity contribution is 5.92. The lowest BCUT2D eigenvalue weighted by Crippen LogP contribution is -2.49. The van der Waals surface area contributed by atoms with Gasteiger partial charge in [-0.3, -0.25) is 9.69 Å². The van der Waals surface area contributed by atoms with Crippen molar-refractivity contribution >= 4 is 23.1 Å². The number of carbonyl (C=O) groups excluding carboxylic acids is 1. The maximum Gasteiger partial charge on any atom is 0.453 e. The number of alkyl halides is 3. The number of nitrogens with one attached hydrogen (secondary N) is 1. The van der Waals surface area contributed by atoms with Crippen LogP contribution >= 0.6 is 0 Å². The van der Waals surface area contributed by atoms with Gasteiger partial charge in [-0.1, -0.05) is 18.2 Å². The van der Waals surface area contributed by atoms with Gasteiger partial charge in [-0.15, -0.1) is 15.3 Å². The Labute approximate surface area is 163 Å². The standard InChI is InChI=1S/C18H18F3N7O/c19-18(20,21)17-24-23-14-6-7-15(25-28(14)17)27-10-8-26(9-11-27)12-16(29)22-13-4-2-1-3-5-13/h1-7H,8-12H2,(H,22,29). The van der Waals surface area contributed by atoms with E-state index in [1.165, 1.54) is 6.07 Å². The molecule has 0 saturated carbocycles. The number of nitrogens with zero attached hydrogens (tertiary/aromatic N) is 6. The zero-order chi connectivity index (χ0) is 20.4. The summed E-state index contributed by atoms with van der Waals surface area (Å²) in [5.74, 6) is -0.842. The minimum atomic E-state index is -4.63. The average Bonchev–Trinajstić information content (AvgIpc) is 3.13. The molecular formula is C18H18F3N7O. The maximum atomic E-state index is 13.0. The Morgan fingerprint density at radius 3 is 2.41 bits per heavy atom. The van der Waals surface area contributed by atoms with Crippen LogP contribution in [0.3, 0.4) is 0 Å². The molecule has 4 rings (SSSR count). The number of halogens is 3. The number of piperazine rings is 1. The molecule has 1 aliphatic heterocycles. The van der Waals surface area contributed by atoms with Crippen LogP contribution in [0.15, 0.2) is 42.5 Å². The number of aromatic nitrogens is 4. The Balaban J connectivity index is 1.37. The summed E-state index contributed by atoms with van der Waals surface area (Å²) in [6.07, 6.45) is -4.63. The SMILES string of the molecule is O=C(CN1CCN(c2ccc3nnc(C(F)(F)F)n3n2)CC1)Nc1ccccc1. The summed E-state index contributed by atoms with van der Waals surface area (Å²) in [6, 6.07) is 12.3. The molecule has 1 saturated heterocycles. The van der Waals surface area contributed by atoms with Crippen molar-refractivity contribution in [1.29, 1.82) is 0 Å². The molecule has 3 aromatic rings. The third kappa shape index (κ3) is 4.29. The van der Waals surface area contributed by atoms with Crippen LogP contribution in [0.4, 0.5) is 24.7 Å². The summed E-state index contributed by atoms with van der Waals surface area (Å²) >= 11 is 0. The average molecular weight is 405 g/mol. The van der Waals surface area contributed by atoms with Gasteiger partial charge in [0.15, 0.2) is 5.65 Å². The molecule has 0 spiro atoms. The van der Waals surface area contributed by atoms with E-state index in [1.54, 1.807) is 6.07 Å². The molecule has 2 aromatic heterocycles. The maximum absolute atomic E-state index is 13.0. The number of hydrogen-bond donors (Lipinski definition) is 1. The van der Waals surface area contributed by atoms with Crippen LogP contribution in [0.5, 0.6) is 0 Å². The van der Waals surface area contributed by atoms with Gasteiger partial charge in [0.25, 0.3) is 5.82 Å². The summed E-state index contributed by atoms with van der Waals surface area (Å²) < 4.78 is 39.8. The summed E-state index contributed by atoms with van der Waals surface area (Å²) in [6.45, 7) is 2.52. The molecule has 0 bridgehead atoms. The molecule has 0 aliphatic carbocycles. The van der Waals surface area contributed by atoms with Crippen LogP contribution in [0.1, 0.15) is 5.82 Å². The molecule has 3 heterocycles. The molecule has 1 aromatic carbocycles. The van der Waals surface area contributed by atoms with Crippen molar-refractivity contribution in [2.75, 3.05) is 42.9 Å². The van der Waals surface area contributed by atoms with E-state index < -0.39 is 12.0 Å². The molecule has 1 fully saturated rings. The normalized spacial score (nSPS) is 15.6. The van der Waals surface area contributed by atoms with Crippen molar-refractivity contribution in [3.05, 3.63) is 48.3 Å². The quantitative estimate of drug-likeness (QED) is 0.715. The van der Waals surface area contributed by atoms with E-state index in [1.807, 2.05) is 40.1 Å². The fraction of sp³-hybridized carbons (Fsp3) is 0.333. The van der Waals surface area contributed by atoms with Crippen LogP contribution in [-0.2, 0) is 11.0 Å². The first-order chi connectivity index (χ1) is 13.9. The van der Waals surface area contributed by atoms with Gasteiger partial charge in [-0.25, -0.2) is 0 Å². The van der Waals surface area contributed by atoms with Crippen molar-refractivity contribution < 1.29 is 18.0 Å². The summed E-state index contributed by atoms with van der Waals surface area (Å²) in [7, 11) is 0. The van der Waals surface area contributed by atoms with Gasteiger partial charge in [-0.2, -0.15) is 17.7 Å². The Bertz CT molecular complexity index is 998. The molecule has 0 radical (unpaired) electrons. The van der Waals surface area contributed by atoms with Gasteiger partial charge < -0.3 is 10.2 Å². The number of amides is 1. The molecule has 0 unspecified atom stereocenters. The number of carbonyl (C=O) groups is 1. The topological polar surface area (TPSA) is 78.7 Å². The molecular weight excluding hydrogens is 387 g/mol. The molecule has 1 N–H and O–H groups in total. The Morgan fingerprint density at radius 1 is 1.00 bits per heavy atom. The summed E-state index contributed by atoms with van der Waals surface area (Å²) in [4.78, 5) is 16.1. The highest BCUT2D eigenvalue weighted by Crippen LogP contribution is 2.28. The van der Waals surface area contributed by atoms with E-state index in [4.69, 9.17) is 0 Å². The molecule has 1 amide bonds. The molecule has 152 valence electrons. The van der Waals surface area contributed by atoms with Gasteiger partial charge in [0.05, 0.1) is 6.54 Å². The van der Waals surface area contributed by atoms with Crippen LogP contribution in [0.25, 0.3) is 5.65 Å². The Kier molecular flexibility index (Phi) is 5.05. The van der Waals surface area contributed by atoms with E-state index in [0.29, 0.717) is 32.0 Å². The second kappa shape index (κ2) is 7.66. The van der Waals surface area contributed by atoms with Crippen LogP contribution in [0.2, 0.25) is 0 Å². The molecule has 11 heteroatoms. The van der Waals surface area contributed by atoms with Crippen molar-refractivity contribution in [3.63, 3.8) is 0 Å². The van der Waals surface area contributed by atoms with Crippen molar-refractivity contribution in [2.24, 2.45) is 0 Å². The second-order valence-electron chi connectivity index (χ2n) is 6.66. The minimum absolute atomic E-state index is 0.0392. The van der Waals surface area contributed by atoms with Crippen molar-refractivity contribution in [3.8, 4) is 0 Å². The lowest BCUT2D eigenvalue weighted by Gasteiger charge is -2.34. The smallest absolute Gasteiger partial charge is 0.353 e. The lowest BCUT2D eigenvalue weighted by atomic mass is 10.3. The Morgan fingerprint density at radius 2 is 1.72 bits per heavy atom. The largest absolute Gasteiger partial charge is 0.453 e. The fourth-order valence-corrected chi connectivity index (χ4v) is 3.18. The first kappa shape index (κ1) is 19.1. The number of para-hydroxylation sites is 1.